The van der Waals surface area contributed by atoms with Crippen molar-refractivity contribution < 1.29 is 19.1 Å². The number of anilines is 2. The van der Waals surface area contributed by atoms with E-state index in [9.17, 15) is 4.79 Å². The molecule has 3 heterocycles. The number of carbonyl (C=O) groups is 1. The molecule has 1 fully saturated rings. The van der Waals surface area contributed by atoms with E-state index in [1.54, 1.807) is 17.2 Å². The number of hydrogen-bond acceptors (Lipinski definition) is 7. The Morgan fingerprint density at radius 3 is 2.94 bits per heavy atom. The number of pyridine rings is 1. The highest BCUT2D eigenvalue weighted by atomic mass is 32.1. The van der Waals surface area contributed by atoms with Gasteiger partial charge in [-0.25, -0.2) is 9.78 Å². The summed E-state index contributed by atoms with van der Waals surface area (Å²) in [5, 5.41) is 19.4. The second kappa shape index (κ2) is 11.5. The van der Waals surface area contributed by atoms with E-state index in [-0.39, 0.29) is 18.7 Å². The number of hydrogen-bond donors (Lipinski definition) is 4. The number of aliphatic hydroxyl groups is 1. The van der Waals surface area contributed by atoms with Crippen LogP contribution in [0, 0.1) is 0 Å². The second-order valence-electron chi connectivity index (χ2n) is 7.19. The van der Waals surface area contributed by atoms with Crippen molar-refractivity contribution in [2.75, 3.05) is 30.3 Å². The Hall–Kier alpha value is -2.85. The first-order chi connectivity index (χ1) is 15.1. The number of amides is 1. The lowest BCUT2D eigenvalue weighted by molar-refractivity contribution is 0.108. The first-order valence-electron chi connectivity index (χ1n) is 10.5. The van der Waals surface area contributed by atoms with Gasteiger partial charge in [0.2, 0.25) is 0 Å². The standard InChI is InChI=1S/C21H29N5O4S/c1-2-29-21(28)26-11-4-5-15(9-12-26)24-20(31)25-18-6-3-10-22-19(18)23-13-16-7-8-17(14-27)30-16/h3,6-8,10,15,27H,2,4-5,9,11-14H2,1H3,(H,22,23)(H2,24,25,31). The average Bonchev–Trinajstić information content (AvgIpc) is 3.11. The molecule has 1 amide bonds. The molecule has 1 saturated heterocycles. The normalized spacial score (nSPS) is 16.3. The molecule has 1 unspecified atom stereocenters. The number of carbonyl (C=O) groups excluding carboxylic acids is 1. The number of aliphatic hydroxyl groups excluding tert-OH is 1. The molecule has 0 spiro atoms. The molecule has 1 aliphatic heterocycles. The largest absolute Gasteiger partial charge is 0.462 e. The molecular formula is C21H29N5O4S. The van der Waals surface area contributed by atoms with Crippen molar-refractivity contribution in [2.24, 2.45) is 0 Å². The summed E-state index contributed by atoms with van der Waals surface area (Å²) >= 11 is 5.51. The first kappa shape index (κ1) is 22.8. The van der Waals surface area contributed by atoms with Gasteiger partial charge in [0.05, 0.1) is 18.8 Å². The topological polar surface area (TPSA) is 112 Å². The van der Waals surface area contributed by atoms with Gasteiger partial charge in [0.1, 0.15) is 23.9 Å². The number of nitrogens with zero attached hydrogens (tertiary/aromatic N) is 2. The van der Waals surface area contributed by atoms with Crippen molar-refractivity contribution in [1.82, 2.24) is 15.2 Å². The van der Waals surface area contributed by atoms with Crippen LogP contribution in [0.4, 0.5) is 16.3 Å². The van der Waals surface area contributed by atoms with Gasteiger partial charge in [0.25, 0.3) is 0 Å². The smallest absolute Gasteiger partial charge is 0.409 e. The second-order valence-corrected chi connectivity index (χ2v) is 7.60. The summed E-state index contributed by atoms with van der Waals surface area (Å²) in [5.74, 6) is 1.86. The number of ether oxygens (including phenoxy) is 1. The highest BCUT2D eigenvalue weighted by molar-refractivity contribution is 7.80. The lowest BCUT2D eigenvalue weighted by Gasteiger charge is -2.21. The Morgan fingerprint density at radius 1 is 1.32 bits per heavy atom. The Balaban J connectivity index is 1.51. The van der Waals surface area contributed by atoms with Gasteiger partial charge in [-0.2, -0.15) is 0 Å². The summed E-state index contributed by atoms with van der Waals surface area (Å²) in [6.07, 6.45) is 4.04. The van der Waals surface area contributed by atoms with E-state index in [4.69, 9.17) is 26.5 Å². The van der Waals surface area contributed by atoms with Crippen LogP contribution in [0.2, 0.25) is 0 Å². The maximum absolute atomic E-state index is 12.0. The van der Waals surface area contributed by atoms with E-state index in [0.717, 1.165) is 24.9 Å². The van der Waals surface area contributed by atoms with Gasteiger partial charge >= 0.3 is 6.09 Å². The minimum atomic E-state index is -0.252. The average molecular weight is 448 g/mol. The lowest BCUT2D eigenvalue weighted by Crippen LogP contribution is -2.39. The van der Waals surface area contributed by atoms with E-state index in [0.29, 0.717) is 48.7 Å². The summed E-state index contributed by atoms with van der Waals surface area (Å²) in [5.41, 5.74) is 0.746. The third kappa shape index (κ3) is 6.83. The zero-order chi connectivity index (χ0) is 22.1. The summed E-state index contributed by atoms with van der Waals surface area (Å²) in [4.78, 5) is 18.1. The van der Waals surface area contributed by atoms with Crippen LogP contribution in [0.15, 0.2) is 34.9 Å². The molecule has 10 heteroatoms. The van der Waals surface area contributed by atoms with Gasteiger partial charge in [0.15, 0.2) is 5.11 Å². The predicted octanol–water partition coefficient (Wildman–Crippen LogP) is 3.08. The fourth-order valence-corrected chi connectivity index (χ4v) is 3.68. The van der Waals surface area contributed by atoms with Crippen LogP contribution < -0.4 is 16.0 Å². The summed E-state index contributed by atoms with van der Waals surface area (Å²) in [6, 6.07) is 7.44. The zero-order valence-corrected chi connectivity index (χ0v) is 18.4. The molecule has 2 aromatic heterocycles. The lowest BCUT2D eigenvalue weighted by atomic mass is 10.1. The van der Waals surface area contributed by atoms with Gasteiger partial charge in [-0.15, -0.1) is 0 Å². The van der Waals surface area contributed by atoms with Crippen molar-refractivity contribution >= 4 is 34.9 Å². The fourth-order valence-electron chi connectivity index (χ4n) is 3.40. The first-order valence-corrected chi connectivity index (χ1v) is 10.9. The zero-order valence-electron chi connectivity index (χ0n) is 17.6. The van der Waals surface area contributed by atoms with Crippen LogP contribution in [0.1, 0.15) is 37.7 Å². The van der Waals surface area contributed by atoms with Crippen molar-refractivity contribution in [3.8, 4) is 0 Å². The van der Waals surface area contributed by atoms with Crippen LogP contribution in [-0.4, -0.2) is 51.9 Å². The fraction of sp³-hybridized carbons (Fsp3) is 0.476. The highest BCUT2D eigenvalue weighted by Gasteiger charge is 2.22. The molecule has 4 N–H and O–H groups in total. The number of nitrogens with one attached hydrogen (secondary N) is 3. The van der Waals surface area contributed by atoms with E-state index in [1.165, 1.54) is 0 Å². The van der Waals surface area contributed by atoms with Crippen LogP contribution in [0.5, 0.6) is 0 Å². The van der Waals surface area contributed by atoms with E-state index in [1.807, 2.05) is 25.1 Å². The number of thiocarbonyl (C=S) groups is 1. The van der Waals surface area contributed by atoms with E-state index >= 15 is 0 Å². The van der Waals surface area contributed by atoms with Crippen molar-refractivity contribution in [1.29, 1.82) is 0 Å². The SMILES string of the molecule is CCOC(=O)N1CCCC(NC(=S)Nc2cccnc2NCc2ccc(CO)o2)CC1. The number of likely N-dealkylation sites (tertiary alicyclic amines) is 1. The predicted molar refractivity (Wildman–Crippen MR) is 122 cm³/mol. The quantitative estimate of drug-likeness (QED) is 0.476. The van der Waals surface area contributed by atoms with E-state index < -0.39 is 0 Å². The van der Waals surface area contributed by atoms with Gasteiger partial charge < -0.3 is 35.1 Å². The maximum atomic E-state index is 12.0. The van der Waals surface area contributed by atoms with Gasteiger partial charge in [0, 0.05) is 25.3 Å². The Kier molecular flexibility index (Phi) is 8.48. The monoisotopic (exact) mass is 447 g/mol. The highest BCUT2D eigenvalue weighted by Crippen LogP contribution is 2.20. The molecule has 1 atom stereocenters. The molecule has 0 radical (unpaired) electrons. The van der Waals surface area contributed by atoms with Crippen molar-refractivity contribution in [3.63, 3.8) is 0 Å². The Labute approximate surface area is 187 Å². The number of furan rings is 1. The summed E-state index contributed by atoms with van der Waals surface area (Å²) in [7, 11) is 0. The minimum absolute atomic E-state index is 0.130. The molecule has 1 aliphatic rings. The van der Waals surface area contributed by atoms with Crippen LogP contribution in [-0.2, 0) is 17.9 Å². The molecule has 31 heavy (non-hydrogen) atoms. The molecular weight excluding hydrogens is 418 g/mol. The van der Waals surface area contributed by atoms with Crippen LogP contribution >= 0.6 is 12.2 Å². The van der Waals surface area contributed by atoms with Gasteiger partial charge in [-0.3, -0.25) is 0 Å². The van der Waals surface area contributed by atoms with Gasteiger partial charge in [-0.05, 0) is 62.7 Å². The van der Waals surface area contributed by atoms with Crippen LogP contribution in [0.25, 0.3) is 0 Å². The third-order valence-electron chi connectivity index (χ3n) is 4.95. The molecule has 0 bridgehead atoms. The van der Waals surface area contributed by atoms with Crippen LogP contribution in [0.3, 0.4) is 0 Å². The minimum Gasteiger partial charge on any atom is -0.462 e. The molecule has 9 nitrogen and oxygen atoms in total. The molecule has 0 aromatic carbocycles. The molecule has 168 valence electrons. The molecule has 0 aliphatic carbocycles. The van der Waals surface area contributed by atoms with Crippen molar-refractivity contribution in [2.45, 2.75) is 45.4 Å². The number of aromatic nitrogens is 1. The Morgan fingerprint density at radius 2 is 2.16 bits per heavy atom. The third-order valence-corrected chi connectivity index (χ3v) is 5.17. The molecule has 3 rings (SSSR count). The summed E-state index contributed by atoms with van der Waals surface area (Å²) in [6.45, 7) is 3.82. The molecule has 0 saturated carbocycles. The summed E-state index contributed by atoms with van der Waals surface area (Å²) < 4.78 is 10.6. The van der Waals surface area contributed by atoms with E-state index in [2.05, 4.69) is 20.9 Å². The number of rotatable bonds is 7. The van der Waals surface area contributed by atoms with Crippen molar-refractivity contribution in [3.05, 3.63) is 42.0 Å². The maximum Gasteiger partial charge on any atom is 0.409 e. The van der Waals surface area contributed by atoms with Gasteiger partial charge in [-0.1, -0.05) is 0 Å². The molecule has 2 aromatic rings. The Bertz CT molecular complexity index is 875.